The van der Waals surface area contributed by atoms with Crippen molar-refractivity contribution in [2.75, 3.05) is 12.9 Å². The average Bonchev–Trinajstić information content (AvgIpc) is 3.36. The number of hydrogen-bond donors (Lipinski definition) is 2. The summed E-state index contributed by atoms with van der Waals surface area (Å²) in [6.07, 6.45) is -4.96. The third-order valence-electron chi connectivity index (χ3n) is 6.47. The molecule has 1 aromatic heterocycles. The quantitative estimate of drug-likeness (QED) is 0.509. The van der Waals surface area contributed by atoms with Crippen LogP contribution in [0.2, 0.25) is 0 Å². The number of aliphatic hydroxyl groups is 1. The highest BCUT2D eigenvalue weighted by Crippen LogP contribution is 2.47. The highest BCUT2D eigenvalue weighted by molar-refractivity contribution is 7.90. The molecule has 0 unspecified atom stereocenters. The van der Waals surface area contributed by atoms with Gasteiger partial charge < -0.3 is 14.8 Å². The van der Waals surface area contributed by atoms with Crippen LogP contribution in [0.15, 0.2) is 41.3 Å². The van der Waals surface area contributed by atoms with Crippen molar-refractivity contribution in [3.05, 3.63) is 58.8 Å². The normalized spacial score (nSPS) is 15.9. The number of H-pyrrole nitrogens is 1. The standard InChI is InChI=1S/C25H25F3N2O4S/c1-23(2,20-11-19(35(3,32)33)10-17-6-7-34-22(17)20)14-24(31,25(26,27)28)12-18-9-16-5-4-15(13-29)8-21(16)30-18/h4-5,8-11,30-31H,6-7,12,14H2,1-3H3/t24-/m1/s1. The zero-order valence-electron chi connectivity index (χ0n) is 19.5. The van der Waals surface area contributed by atoms with Gasteiger partial charge in [0.1, 0.15) is 5.75 Å². The number of nitriles is 1. The Hall–Kier alpha value is -3.03. The molecule has 3 aromatic rings. The van der Waals surface area contributed by atoms with Crippen LogP contribution in [0.5, 0.6) is 5.75 Å². The molecular weight excluding hydrogens is 481 g/mol. The molecule has 10 heteroatoms. The minimum atomic E-state index is -4.97. The number of aromatic nitrogens is 1. The van der Waals surface area contributed by atoms with Crippen LogP contribution in [0.4, 0.5) is 13.2 Å². The maximum Gasteiger partial charge on any atom is 0.417 e. The van der Waals surface area contributed by atoms with E-state index in [1.54, 1.807) is 12.1 Å². The van der Waals surface area contributed by atoms with Crippen molar-refractivity contribution >= 4 is 20.7 Å². The van der Waals surface area contributed by atoms with Gasteiger partial charge in [0.05, 0.1) is 23.1 Å². The van der Waals surface area contributed by atoms with Crippen molar-refractivity contribution in [3.8, 4) is 11.8 Å². The lowest BCUT2D eigenvalue weighted by Crippen LogP contribution is -2.51. The smallest absolute Gasteiger partial charge is 0.417 e. The fourth-order valence-electron chi connectivity index (χ4n) is 4.75. The number of nitrogens with zero attached hydrogens (tertiary/aromatic N) is 1. The summed E-state index contributed by atoms with van der Waals surface area (Å²) in [5.41, 5.74) is -2.47. The molecule has 0 aliphatic carbocycles. The minimum Gasteiger partial charge on any atom is -0.493 e. The Bertz CT molecular complexity index is 1450. The second-order valence-electron chi connectivity index (χ2n) is 9.80. The summed E-state index contributed by atoms with van der Waals surface area (Å²) in [7, 11) is -3.62. The molecule has 0 bridgehead atoms. The summed E-state index contributed by atoms with van der Waals surface area (Å²) in [6, 6.07) is 11.1. The van der Waals surface area contributed by atoms with Crippen LogP contribution in [-0.2, 0) is 28.1 Å². The second kappa shape index (κ2) is 8.28. The third kappa shape index (κ3) is 4.75. The molecule has 0 saturated heterocycles. The van der Waals surface area contributed by atoms with Crippen LogP contribution < -0.4 is 4.74 Å². The Labute approximate surface area is 201 Å². The number of fused-ring (bicyclic) bond motifs is 2. The van der Waals surface area contributed by atoms with Gasteiger partial charge in [-0.1, -0.05) is 19.9 Å². The van der Waals surface area contributed by atoms with Crippen LogP contribution in [-0.4, -0.2) is 43.1 Å². The molecule has 4 rings (SSSR count). The molecule has 0 amide bonds. The van der Waals surface area contributed by atoms with Crippen LogP contribution in [0, 0.1) is 11.3 Å². The number of nitrogens with one attached hydrogen (secondary N) is 1. The lowest BCUT2D eigenvalue weighted by molar-refractivity contribution is -0.266. The van der Waals surface area contributed by atoms with Crippen molar-refractivity contribution in [1.82, 2.24) is 4.98 Å². The van der Waals surface area contributed by atoms with Gasteiger partial charge in [-0.2, -0.15) is 18.4 Å². The van der Waals surface area contributed by atoms with E-state index in [1.165, 1.54) is 38.1 Å². The average molecular weight is 507 g/mol. The summed E-state index contributed by atoms with van der Waals surface area (Å²) >= 11 is 0. The van der Waals surface area contributed by atoms with Gasteiger partial charge in [0.25, 0.3) is 0 Å². The SMILES string of the molecule is CC(C)(C[C@](O)(Cc1cc2ccc(C#N)cc2[nH]1)C(F)(F)F)c1cc(S(C)(=O)=O)cc2c1OCC2. The first-order valence-corrected chi connectivity index (χ1v) is 12.8. The summed E-state index contributed by atoms with van der Waals surface area (Å²) in [4.78, 5) is 2.88. The summed E-state index contributed by atoms with van der Waals surface area (Å²) in [6.45, 7) is 3.38. The molecule has 1 aliphatic heterocycles. The van der Waals surface area contributed by atoms with Crippen LogP contribution in [0.1, 0.15) is 42.7 Å². The number of ether oxygens (including phenoxy) is 1. The number of rotatable bonds is 6. The van der Waals surface area contributed by atoms with Crippen molar-refractivity contribution < 1.29 is 31.4 Å². The monoisotopic (exact) mass is 506 g/mol. The largest absolute Gasteiger partial charge is 0.493 e. The summed E-state index contributed by atoms with van der Waals surface area (Å²) in [5, 5.41) is 20.7. The molecule has 1 atom stereocenters. The highest BCUT2D eigenvalue weighted by Gasteiger charge is 2.56. The van der Waals surface area contributed by atoms with E-state index in [0.717, 1.165) is 6.26 Å². The Morgan fingerprint density at radius 3 is 2.51 bits per heavy atom. The van der Waals surface area contributed by atoms with Gasteiger partial charge in [0.15, 0.2) is 15.4 Å². The number of benzene rings is 2. The van der Waals surface area contributed by atoms with Gasteiger partial charge >= 0.3 is 6.18 Å². The van der Waals surface area contributed by atoms with Crippen LogP contribution in [0.25, 0.3) is 10.9 Å². The Kier molecular flexibility index (Phi) is 5.93. The molecule has 35 heavy (non-hydrogen) atoms. The molecule has 0 saturated carbocycles. The van der Waals surface area contributed by atoms with Crippen LogP contribution in [0.3, 0.4) is 0 Å². The molecule has 2 N–H and O–H groups in total. The van der Waals surface area contributed by atoms with E-state index < -0.39 is 39.9 Å². The van der Waals surface area contributed by atoms with Crippen molar-refractivity contribution in [1.29, 1.82) is 5.26 Å². The predicted octanol–water partition coefficient (Wildman–Crippen LogP) is 4.58. The van der Waals surface area contributed by atoms with E-state index in [9.17, 15) is 26.7 Å². The molecule has 2 aromatic carbocycles. The van der Waals surface area contributed by atoms with Gasteiger partial charge in [-0.05, 0) is 53.1 Å². The summed E-state index contributed by atoms with van der Waals surface area (Å²) < 4.78 is 73.1. The van der Waals surface area contributed by atoms with E-state index in [0.29, 0.717) is 46.4 Å². The van der Waals surface area contributed by atoms with Crippen molar-refractivity contribution in [3.63, 3.8) is 0 Å². The summed E-state index contributed by atoms with van der Waals surface area (Å²) in [5.74, 6) is 0.376. The Morgan fingerprint density at radius 1 is 1.17 bits per heavy atom. The number of sulfone groups is 1. The van der Waals surface area contributed by atoms with Crippen LogP contribution >= 0.6 is 0 Å². The zero-order valence-corrected chi connectivity index (χ0v) is 20.3. The van der Waals surface area contributed by atoms with Gasteiger partial charge in [0, 0.05) is 35.9 Å². The van der Waals surface area contributed by atoms with E-state index in [1.807, 2.05) is 6.07 Å². The Morgan fingerprint density at radius 2 is 1.89 bits per heavy atom. The number of halogens is 3. The first kappa shape index (κ1) is 25.1. The number of aromatic amines is 1. The Balaban J connectivity index is 1.75. The number of hydrogen-bond acceptors (Lipinski definition) is 5. The molecule has 0 spiro atoms. The molecule has 6 nitrogen and oxygen atoms in total. The van der Waals surface area contributed by atoms with E-state index in [2.05, 4.69) is 4.98 Å². The van der Waals surface area contributed by atoms with Crippen molar-refractivity contribution in [2.45, 2.75) is 55.2 Å². The second-order valence-corrected chi connectivity index (χ2v) is 11.8. The fourth-order valence-corrected chi connectivity index (χ4v) is 5.44. The first-order valence-electron chi connectivity index (χ1n) is 10.9. The zero-order chi connectivity index (χ0) is 25.8. The van der Waals surface area contributed by atoms with Gasteiger partial charge in [-0.25, -0.2) is 8.42 Å². The lowest BCUT2D eigenvalue weighted by Gasteiger charge is -2.38. The molecule has 1 aliphatic rings. The highest BCUT2D eigenvalue weighted by atomic mass is 32.2. The van der Waals surface area contributed by atoms with Crippen molar-refractivity contribution in [2.24, 2.45) is 0 Å². The maximum atomic E-state index is 14.3. The fraction of sp³-hybridized carbons (Fsp3) is 0.400. The number of alkyl halides is 3. The molecule has 186 valence electrons. The molecule has 0 fully saturated rings. The van der Waals surface area contributed by atoms with E-state index >= 15 is 0 Å². The molecule has 2 heterocycles. The molecular formula is C25H25F3N2O4S. The van der Waals surface area contributed by atoms with Gasteiger partial charge in [0.2, 0.25) is 0 Å². The van der Waals surface area contributed by atoms with E-state index in [-0.39, 0.29) is 10.6 Å². The third-order valence-corrected chi connectivity index (χ3v) is 7.56. The topological polar surface area (TPSA) is 103 Å². The minimum absolute atomic E-state index is 0.00397. The molecule has 0 radical (unpaired) electrons. The van der Waals surface area contributed by atoms with E-state index in [4.69, 9.17) is 10.00 Å². The van der Waals surface area contributed by atoms with Gasteiger partial charge in [-0.15, -0.1) is 0 Å². The first-order chi connectivity index (χ1) is 16.1. The lowest BCUT2D eigenvalue weighted by atomic mass is 9.73. The maximum absolute atomic E-state index is 14.3. The van der Waals surface area contributed by atoms with Gasteiger partial charge in [-0.3, -0.25) is 0 Å². The predicted molar refractivity (Wildman–Crippen MR) is 124 cm³/mol.